The molecular weight excluding hydrogens is 790 g/mol. The number of rotatable bonds is 13. The van der Waals surface area contributed by atoms with Crippen molar-refractivity contribution >= 4 is 34.6 Å². The van der Waals surface area contributed by atoms with Crippen molar-refractivity contribution in [3.63, 3.8) is 0 Å². The van der Waals surface area contributed by atoms with Gasteiger partial charge in [-0.25, -0.2) is 18.9 Å². The van der Waals surface area contributed by atoms with Crippen LogP contribution in [0.25, 0.3) is 22.2 Å². The van der Waals surface area contributed by atoms with Gasteiger partial charge in [0.1, 0.15) is 17.1 Å². The number of pyridine rings is 2. The molecule has 2 aromatic carbocycles. The molecule has 0 unspecified atom stereocenters. The van der Waals surface area contributed by atoms with E-state index in [4.69, 9.17) is 14.5 Å². The van der Waals surface area contributed by atoms with Crippen LogP contribution in [0.5, 0.6) is 0 Å². The van der Waals surface area contributed by atoms with Crippen molar-refractivity contribution in [2.24, 2.45) is 0 Å². The van der Waals surface area contributed by atoms with E-state index in [0.29, 0.717) is 69.0 Å². The van der Waals surface area contributed by atoms with Gasteiger partial charge in [-0.15, -0.1) is 0 Å². The van der Waals surface area contributed by atoms with Gasteiger partial charge in [-0.2, -0.15) is 5.10 Å². The second-order valence-corrected chi connectivity index (χ2v) is 17.1. The number of nitrogens with one attached hydrogen (secondary N) is 3. The van der Waals surface area contributed by atoms with E-state index in [0.717, 1.165) is 51.9 Å². The molecule has 0 bridgehead atoms. The van der Waals surface area contributed by atoms with Crippen LogP contribution in [-0.2, 0) is 42.1 Å². The van der Waals surface area contributed by atoms with Crippen molar-refractivity contribution in [1.29, 1.82) is 0 Å². The summed E-state index contributed by atoms with van der Waals surface area (Å²) in [4.78, 5) is 53.0. The van der Waals surface area contributed by atoms with Crippen molar-refractivity contribution < 1.29 is 28.2 Å². The molecule has 2 aliphatic heterocycles. The quantitative estimate of drug-likeness (QED) is 0.112. The fourth-order valence-electron chi connectivity index (χ4n) is 8.11. The number of carbonyl (C=O) groups is 3. The summed E-state index contributed by atoms with van der Waals surface area (Å²) in [6.45, 7) is 16.7. The second kappa shape index (κ2) is 19.4. The number of aromatic nitrogens is 4. The summed E-state index contributed by atoms with van der Waals surface area (Å²) in [6, 6.07) is 15.8. The Hall–Kier alpha value is -5.93. The van der Waals surface area contributed by atoms with E-state index in [1.807, 2.05) is 76.7 Å². The summed E-state index contributed by atoms with van der Waals surface area (Å²) in [6.07, 6.45) is 5.38. The molecule has 5 heterocycles. The molecule has 15 heteroatoms. The Balaban J connectivity index is 0.982. The lowest BCUT2D eigenvalue weighted by Gasteiger charge is -2.40. The van der Waals surface area contributed by atoms with Crippen LogP contribution in [0.3, 0.4) is 0 Å². The summed E-state index contributed by atoms with van der Waals surface area (Å²) in [5.41, 5.74) is 6.18. The van der Waals surface area contributed by atoms with Gasteiger partial charge >= 0.3 is 6.09 Å². The number of halogens is 1. The molecule has 3 N–H and O–H groups in total. The highest BCUT2D eigenvalue weighted by Crippen LogP contribution is 2.32. The third-order valence-corrected chi connectivity index (χ3v) is 11.3. The Bertz CT molecular complexity index is 2410. The molecule has 14 nitrogen and oxygen atoms in total. The smallest absolute Gasteiger partial charge is 0.410 e. The lowest BCUT2D eigenvalue weighted by molar-refractivity contribution is 0.000540. The highest BCUT2D eigenvalue weighted by molar-refractivity contribution is 5.99. The summed E-state index contributed by atoms with van der Waals surface area (Å²) >= 11 is 0. The molecule has 5 aromatic rings. The van der Waals surface area contributed by atoms with Crippen LogP contribution >= 0.6 is 0 Å². The topological polar surface area (TPSA) is 156 Å². The van der Waals surface area contributed by atoms with Gasteiger partial charge in [0, 0.05) is 99.7 Å². The number of hydrogen-bond donors (Lipinski definition) is 3. The highest BCUT2D eigenvalue weighted by atomic mass is 19.1. The molecule has 3 aromatic heterocycles. The van der Waals surface area contributed by atoms with Crippen molar-refractivity contribution in [3.05, 3.63) is 106 Å². The maximum Gasteiger partial charge on any atom is 0.410 e. The number of ether oxygens (including phenoxy) is 2. The summed E-state index contributed by atoms with van der Waals surface area (Å²) in [7, 11) is 0. The van der Waals surface area contributed by atoms with E-state index in [2.05, 4.69) is 30.9 Å². The lowest BCUT2D eigenvalue weighted by Crippen LogP contribution is -2.54. The van der Waals surface area contributed by atoms with E-state index >= 15 is 4.39 Å². The van der Waals surface area contributed by atoms with Crippen molar-refractivity contribution in [2.45, 2.75) is 105 Å². The third-order valence-electron chi connectivity index (χ3n) is 11.3. The Morgan fingerprint density at radius 3 is 2.48 bits per heavy atom. The van der Waals surface area contributed by atoms with E-state index in [1.54, 1.807) is 23.1 Å². The Morgan fingerprint density at radius 1 is 0.952 bits per heavy atom. The van der Waals surface area contributed by atoms with Gasteiger partial charge in [-0.1, -0.05) is 31.2 Å². The molecule has 1 atom stereocenters. The molecule has 2 fully saturated rings. The molecule has 62 heavy (non-hydrogen) atoms. The summed E-state index contributed by atoms with van der Waals surface area (Å²) in [5, 5.41) is 15.2. The summed E-state index contributed by atoms with van der Waals surface area (Å²) in [5.74, 6) is -1.19. The van der Waals surface area contributed by atoms with Crippen LogP contribution in [0.4, 0.5) is 14.9 Å². The molecule has 2 aliphatic rings. The van der Waals surface area contributed by atoms with Gasteiger partial charge in [0.25, 0.3) is 11.8 Å². The van der Waals surface area contributed by atoms with Crippen LogP contribution in [-0.4, -0.2) is 98.0 Å². The zero-order chi connectivity index (χ0) is 44.0. The van der Waals surface area contributed by atoms with Gasteiger partial charge in [-0.3, -0.25) is 19.5 Å². The van der Waals surface area contributed by atoms with E-state index in [1.165, 1.54) is 18.3 Å². The van der Waals surface area contributed by atoms with Crippen LogP contribution in [0.1, 0.15) is 97.6 Å². The first-order chi connectivity index (χ1) is 29.8. The molecule has 2 saturated heterocycles. The number of anilines is 1. The van der Waals surface area contributed by atoms with Gasteiger partial charge in [0.2, 0.25) is 0 Å². The number of nitrogens with zero attached hydrogens (tertiary/aromatic N) is 6. The number of amides is 3. The fraction of sp³-hybridized carbons (Fsp3) is 0.447. The van der Waals surface area contributed by atoms with Gasteiger partial charge in [-0.05, 0) is 101 Å². The van der Waals surface area contributed by atoms with Crippen LogP contribution in [0.15, 0.2) is 67.0 Å². The molecule has 0 saturated carbocycles. The maximum atomic E-state index is 15.3. The van der Waals surface area contributed by atoms with Crippen LogP contribution < -0.4 is 16.0 Å². The largest absolute Gasteiger partial charge is 0.444 e. The average Bonchev–Trinajstić information content (AvgIpc) is 3.68. The molecule has 0 radical (unpaired) electrons. The first kappa shape index (κ1) is 44.1. The Labute approximate surface area is 362 Å². The van der Waals surface area contributed by atoms with E-state index in [9.17, 15) is 14.4 Å². The molecule has 0 spiro atoms. The van der Waals surface area contributed by atoms with E-state index < -0.39 is 11.5 Å². The number of aryl methyl sites for hydroxylation is 2. The van der Waals surface area contributed by atoms with Crippen LogP contribution in [0.2, 0.25) is 0 Å². The number of carbonyl (C=O) groups excluding carboxylic acids is 3. The minimum atomic E-state index is -0.555. The fourth-order valence-corrected chi connectivity index (χ4v) is 8.11. The third kappa shape index (κ3) is 10.6. The normalized spacial score (nSPS) is 16.3. The maximum absolute atomic E-state index is 15.3. The molecule has 0 aliphatic carbocycles. The number of piperazine rings is 1. The second-order valence-electron chi connectivity index (χ2n) is 17.1. The zero-order valence-electron chi connectivity index (χ0n) is 36.6. The Kier molecular flexibility index (Phi) is 13.8. The Morgan fingerprint density at radius 2 is 1.74 bits per heavy atom. The molecule has 3 amide bonds. The first-order valence-electron chi connectivity index (χ1n) is 21.6. The number of fused-ring (bicyclic) bond motifs is 1. The monoisotopic (exact) mass is 847 g/mol. The minimum Gasteiger partial charge on any atom is -0.444 e. The van der Waals surface area contributed by atoms with Gasteiger partial charge < -0.3 is 30.3 Å². The lowest BCUT2D eigenvalue weighted by atomic mass is 10.00. The molecule has 7 rings (SSSR count). The van der Waals surface area contributed by atoms with Gasteiger partial charge in [0.05, 0.1) is 17.3 Å². The van der Waals surface area contributed by atoms with Crippen molar-refractivity contribution in [2.75, 3.05) is 38.2 Å². The number of benzene rings is 2. The van der Waals surface area contributed by atoms with Gasteiger partial charge in [0.15, 0.2) is 5.65 Å². The van der Waals surface area contributed by atoms with E-state index in [-0.39, 0.29) is 48.7 Å². The molecule has 328 valence electrons. The zero-order valence-corrected chi connectivity index (χ0v) is 36.6. The average molecular weight is 848 g/mol. The number of hydrogen-bond acceptors (Lipinski definition) is 10. The predicted octanol–water partition coefficient (Wildman–Crippen LogP) is 7.11. The summed E-state index contributed by atoms with van der Waals surface area (Å²) < 4.78 is 28.4. The SMILES string of the molecule is CCc1nc2c(cnn2CC)c(NC2CCOCC2)c1CNC(=O)c1ccnc(C(=O)NCc2ccc(F)c(-c3cccc(CN4CCN(C(=O)OC(C)(C)C)[C@@H](C)C4)c3)c2)c1. The van der Waals surface area contributed by atoms with Crippen LogP contribution in [0, 0.1) is 5.82 Å². The highest BCUT2D eigenvalue weighted by Gasteiger charge is 2.31. The minimum absolute atomic E-state index is 0.0182. The standard InChI is InChI=1S/C47H58FN9O5/c1-7-40-37(42(53-35-15-20-61-21-16-35)38-27-52-57(8-2)43(38)54-40)26-51-44(58)34-14-17-49-41(24-34)45(59)50-25-31-12-13-39(48)36(23-31)33-11-9-10-32(22-33)29-55-18-19-56(30(3)28-55)46(60)62-47(4,5)6/h9-14,17,22-24,27,30,35H,7-8,15-16,18-21,25-26,28-29H2,1-6H3,(H,50,59)(H,51,58)(H,53,54)/t30-/m0/s1. The van der Waals surface area contributed by atoms with Crippen molar-refractivity contribution in [3.8, 4) is 11.1 Å². The predicted molar refractivity (Wildman–Crippen MR) is 236 cm³/mol. The van der Waals surface area contributed by atoms with Crippen molar-refractivity contribution in [1.82, 2.24) is 40.2 Å². The molecular formula is C47H58FN9O5. The first-order valence-corrected chi connectivity index (χ1v) is 21.6.